The maximum atomic E-state index is 12.5. The summed E-state index contributed by atoms with van der Waals surface area (Å²) in [7, 11) is 0. The van der Waals surface area contributed by atoms with Crippen molar-refractivity contribution in [1.29, 1.82) is 0 Å². The van der Waals surface area contributed by atoms with E-state index in [9.17, 15) is 4.79 Å². The largest absolute Gasteiger partial charge is 0.378 e. The average molecular weight is 409 g/mol. The van der Waals surface area contributed by atoms with Crippen molar-refractivity contribution < 1.29 is 14.3 Å². The lowest BCUT2D eigenvalue weighted by atomic mass is 10.0. The highest BCUT2D eigenvalue weighted by Crippen LogP contribution is 2.20. The van der Waals surface area contributed by atoms with Crippen LogP contribution < -0.4 is 9.80 Å². The number of aryl methyl sites for hydroxylation is 1. The topological polar surface area (TPSA) is 42.0 Å². The third-order valence-corrected chi connectivity index (χ3v) is 6.00. The molecule has 0 saturated carbocycles. The Balaban J connectivity index is 1.19. The summed E-state index contributed by atoms with van der Waals surface area (Å²) in [6, 6.07) is 16.9. The van der Waals surface area contributed by atoms with Crippen molar-refractivity contribution >= 4 is 17.2 Å². The molecule has 2 heterocycles. The Labute approximate surface area is 179 Å². The van der Waals surface area contributed by atoms with Crippen LogP contribution in [0.4, 0.5) is 11.4 Å². The molecule has 2 saturated heterocycles. The first-order chi connectivity index (χ1) is 14.8. The summed E-state index contributed by atoms with van der Waals surface area (Å²) in [4.78, 5) is 17.2. The predicted octanol–water partition coefficient (Wildman–Crippen LogP) is 3.96. The second-order valence-corrected chi connectivity index (χ2v) is 8.04. The predicted molar refractivity (Wildman–Crippen MR) is 121 cm³/mol. The molecule has 0 spiro atoms. The number of anilines is 2. The van der Waals surface area contributed by atoms with Crippen molar-refractivity contribution in [3.05, 3.63) is 59.7 Å². The third kappa shape index (κ3) is 5.61. The molecule has 0 aromatic heterocycles. The van der Waals surface area contributed by atoms with Crippen molar-refractivity contribution in [3.63, 3.8) is 0 Å². The molecule has 0 N–H and O–H groups in total. The Kier molecular flexibility index (Phi) is 7.38. The quantitative estimate of drug-likeness (QED) is 0.489. The van der Waals surface area contributed by atoms with E-state index in [2.05, 4.69) is 46.2 Å². The van der Waals surface area contributed by atoms with Gasteiger partial charge in [-0.25, -0.2) is 0 Å². The molecule has 2 fully saturated rings. The highest BCUT2D eigenvalue weighted by Gasteiger charge is 2.13. The van der Waals surface area contributed by atoms with Crippen molar-refractivity contribution in [2.45, 2.75) is 25.7 Å². The fourth-order valence-corrected chi connectivity index (χ4v) is 4.13. The molecule has 4 rings (SSSR count). The van der Waals surface area contributed by atoms with E-state index in [4.69, 9.17) is 9.47 Å². The summed E-state index contributed by atoms with van der Waals surface area (Å²) < 4.78 is 10.8. The number of hydrogen-bond donors (Lipinski definition) is 0. The van der Waals surface area contributed by atoms with Crippen LogP contribution in [0.25, 0.3) is 0 Å². The zero-order valence-corrected chi connectivity index (χ0v) is 17.7. The summed E-state index contributed by atoms with van der Waals surface area (Å²) >= 11 is 0. The standard InChI is InChI=1S/C25H32N2O3/c28-25(22-7-11-24(12-8-22)27-15-19-30-20-16-27)4-2-1-3-21-5-9-23(10-6-21)26-13-17-29-18-14-26/h5-12H,1-4,13-20H2. The number of hydrogen-bond acceptors (Lipinski definition) is 5. The molecule has 0 unspecified atom stereocenters. The Morgan fingerprint density at radius 2 is 1.20 bits per heavy atom. The molecule has 0 aliphatic carbocycles. The van der Waals surface area contributed by atoms with Gasteiger partial charge in [-0.1, -0.05) is 12.1 Å². The maximum Gasteiger partial charge on any atom is 0.162 e. The van der Waals surface area contributed by atoms with E-state index < -0.39 is 0 Å². The number of carbonyl (C=O) groups excluding carboxylic acids is 1. The zero-order valence-electron chi connectivity index (χ0n) is 17.7. The number of benzene rings is 2. The van der Waals surface area contributed by atoms with Crippen LogP contribution in [0.3, 0.4) is 0 Å². The van der Waals surface area contributed by atoms with Crippen LogP contribution in [0, 0.1) is 0 Å². The Bertz CT molecular complexity index is 792. The SMILES string of the molecule is O=C(CCCCc1ccc(N2CCOCC2)cc1)c1ccc(N2CCOCC2)cc1. The number of unbranched alkanes of at least 4 members (excludes halogenated alkanes) is 1. The van der Waals surface area contributed by atoms with Gasteiger partial charge in [0.1, 0.15) is 0 Å². The summed E-state index contributed by atoms with van der Waals surface area (Å²) in [6.45, 7) is 6.94. The van der Waals surface area contributed by atoms with E-state index in [0.717, 1.165) is 77.4 Å². The molecule has 5 heteroatoms. The van der Waals surface area contributed by atoms with Crippen molar-refractivity contribution in [1.82, 2.24) is 0 Å². The number of rotatable bonds is 8. The number of nitrogens with zero attached hydrogens (tertiary/aromatic N) is 2. The van der Waals surface area contributed by atoms with E-state index in [0.29, 0.717) is 6.42 Å². The molecule has 30 heavy (non-hydrogen) atoms. The van der Waals surface area contributed by atoms with Gasteiger partial charge in [-0.15, -0.1) is 0 Å². The second kappa shape index (κ2) is 10.6. The van der Waals surface area contributed by atoms with Gasteiger partial charge >= 0.3 is 0 Å². The fourth-order valence-electron chi connectivity index (χ4n) is 4.13. The molecule has 0 bridgehead atoms. The third-order valence-electron chi connectivity index (χ3n) is 6.00. The highest BCUT2D eigenvalue weighted by atomic mass is 16.5. The maximum absolute atomic E-state index is 12.5. The smallest absolute Gasteiger partial charge is 0.162 e. The van der Waals surface area contributed by atoms with Gasteiger partial charge in [0.15, 0.2) is 5.78 Å². The summed E-state index contributed by atoms with van der Waals surface area (Å²) in [5.41, 5.74) is 4.62. The second-order valence-electron chi connectivity index (χ2n) is 8.04. The molecule has 0 atom stereocenters. The highest BCUT2D eigenvalue weighted by molar-refractivity contribution is 5.96. The van der Waals surface area contributed by atoms with E-state index in [1.54, 1.807) is 0 Å². The zero-order chi connectivity index (χ0) is 20.6. The number of morpholine rings is 2. The Morgan fingerprint density at radius 1 is 0.700 bits per heavy atom. The van der Waals surface area contributed by atoms with Crippen molar-refractivity contribution in [3.8, 4) is 0 Å². The molecule has 2 aliphatic rings. The van der Waals surface area contributed by atoms with Gasteiger partial charge < -0.3 is 19.3 Å². The first-order valence-corrected chi connectivity index (χ1v) is 11.2. The monoisotopic (exact) mass is 408 g/mol. The van der Waals surface area contributed by atoms with E-state index in [1.165, 1.54) is 16.9 Å². The van der Waals surface area contributed by atoms with E-state index in [1.807, 2.05) is 12.1 Å². The molecule has 0 amide bonds. The lowest BCUT2D eigenvalue weighted by Crippen LogP contribution is -2.36. The van der Waals surface area contributed by atoms with Crippen LogP contribution >= 0.6 is 0 Å². The van der Waals surface area contributed by atoms with E-state index >= 15 is 0 Å². The van der Waals surface area contributed by atoms with Gasteiger partial charge in [0.2, 0.25) is 0 Å². The molecule has 2 aliphatic heterocycles. The van der Waals surface area contributed by atoms with Crippen LogP contribution in [0.2, 0.25) is 0 Å². The van der Waals surface area contributed by atoms with Crippen LogP contribution in [0.5, 0.6) is 0 Å². The molecule has 0 radical (unpaired) electrons. The average Bonchev–Trinajstić information content (AvgIpc) is 2.83. The molecule has 2 aromatic rings. The van der Waals surface area contributed by atoms with Gasteiger partial charge in [0.05, 0.1) is 26.4 Å². The van der Waals surface area contributed by atoms with Crippen LogP contribution in [-0.4, -0.2) is 58.4 Å². The van der Waals surface area contributed by atoms with Gasteiger partial charge in [-0.2, -0.15) is 0 Å². The van der Waals surface area contributed by atoms with Crippen molar-refractivity contribution in [2.24, 2.45) is 0 Å². The Hall–Kier alpha value is -2.37. The lowest BCUT2D eigenvalue weighted by Gasteiger charge is -2.28. The molecule has 2 aromatic carbocycles. The van der Waals surface area contributed by atoms with Gasteiger partial charge in [0.25, 0.3) is 0 Å². The number of carbonyl (C=O) groups is 1. The minimum atomic E-state index is 0.242. The minimum absolute atomic E-state index is 0.242. The van der Waals surface area contributed by atoms with E-state index in [-0.39, 0.29) is 5.78 Å². The van der Waals surface area contributed by atoms with Gasteiger partial charge in [-0.05, 0) is 61.2 Å². The van der Waals surface area contributed by atoms with Crippen LogP contribution in [-0.2, 0) is 15.9 Å². The molecule has 160 valence electrons. The number of Topliss-reactive ketones (excluding diaryl/α,β-unsaturated/α-hetero) is 1. The van der Waals surface area contributed by atoms with Crippen LogP contribution in [0.1, 0.15) is 35.2 Å². The number of ketones is 1. The van der Waals surface area contributed by atoms with Crippen LogP contribution in [0.15, 0.2) is 48.5 Å². The van der Waals surface area contributed by atoms with Gasteiger partial charge in [-0.3, -0.25) is 4.79 Å². The lowest BCUT2D eigenvalue weighted by molar-refractivity contribution is 0.0979. The summed E-state index contributed by atoms with van der Waals surface area (Å²) in [6.07, 6.45) is 3.60. The summed E-state index contributed by atoms with van der Waals surface area (Å²) in [5, 5.41) is 0. The molecular weight excluding hydrogens is 376 g/mol. The first kappa shape index (κ1) is 20.9. The number of ether oxygens (including phenoxy) is 2. The molecule has 5 nitrogen and oxygen atoms in total. The van der Waals surface area contributed by atoms with Crippen molar-refractivity contribution in [2.75, 3.05) is 62.4 Å². The first-order valence-electron chi connectivity index (χ1n) is 11.2. The van der Waals surface area contributed by atoms with Gasteiger partial charge in [0, 0.05) is 49.5 Å². The fraction of sp³-hybridized carbons (Fsp3) is 0.480. The normalized spacial score (nSPS) is 17.2. The summed E-state index contributed by atoms with van der Waals surface area (Å²) in [5.74, 6) is 0.242. The Morgan fingerprint density at radius 3 is 1.73 bits per heavy atom. The minimum Gasteiger partial charge on any atom is -0.378 e. The molecular formula is C25H32N2O3.